The van der Waals surface area contributed by atoms with Crippen LogP contribution in [-0.4, -0.2) is 54.4 Å². The molecular weight excluding hydrogens is 464 g/mol. The van der Waals surface area contributed by atoms with Crippen LogP contribution in [0.25, 0.3) is 0 Å². The predicted molar refractivity (Wildman–Crippen MR) is 144 cm³/mol. The quantitative estimate of drug-likeness (QED) is 0.493. The number of pyridine rings is 1. The molecule has 0 aliphatic carbocycles. The number of nitriles is 1. The lowest BCUT2D eigenvalue weighted by molar-refractivity contribution is -0.131. The zero-order valence-electron chi connectivity index (χ0n) is 21.4. The summed E-state index contributed by atoms with van der Waals surface area (Å²) in [5.74, 6) is 0.452. The van der Waals surface area contributed by atoms with Crippen LogP contribution in [0.2, 0.25) is 0 Å². The minimum absolute atomic E-state index is 0.0724. The molecule has 190 valence electrons. The normalized spacial score (nSPS) is 17.1. The van der Waals surface area contributed by atoms with E-state index in [9.17, 15) is 9.59 Å². The van der Waals surface area contributed by atoms with E-state index in [0.29, 0.717) is 24.5 Å². The van der Waals surface area contributed by atoms with Gasteiger partial charge < -0.3 is 20.4 Å². The number of likely N-dealkylation sites (N-methyl/N-ethyl adjacent to an activating group) is 1. The van der Waals surface area contributed by atoms with E-state index in [2.05, 4.69) is 28.6 Å². The Morgan fingerprint density at radius 3 is 2.46 bits per heavy atom. The molecule has 1 unspecified atom stereocenters. The van der Waals surface area contributed by atoms with E-state index in [1.54, 1.807) is 29.3 Å². The highest BCUT2D eigenvalue weighted by Crippen LogP contribution is 2.22. The number of nitrogens with zero attached hydrogens (tertiary/aromatic N) is 4. The molecule has 3 aromatic rings. The molecule has 0 spiro atoms. The van der Waals surface area contributed by atoms with E-state index in [0.717, 1.165) is 23.4 Å². The van der Waals surface area contributed by atoms with Gasteiger partial charge in [-0.05, 0) is 48.2 Å². The molecule has 1 saturated heterocycles. The molecule has 1 fully saturated rings. The number of piperazine rings is 1. The molecule has 37 heavy (non-hydrogen) atoms. The smallest absolute Gasteiger partial charge is 0.247 e. The lowest BCUT2D eigenvalue weighted by Crippen LogP contribution is -2.53. The van der Waals surface area contributed by atoms with Crippen LogP contribution in [0, 0.1) is 11.3 Å². The van der Waals surface area contributed by atoms with Crippen molar-refractivity contribution < 1.29 is 9.59 Å². The summed E-state index contributed by atoms with van der Waals surface area (Å²) < 4.78 is 0. The Labute approximate surface area is 217 Å². The fraction of sp³-hybridized carbons (Fsp3) is 0.310. The van der Waals surface area contributed by atoms with Gasteiger partial charge in [-0.3, -0.25) is 9.59 Å². The average molecular weight is 497 g/mol. The number of carbonyl (C=O) groups excluding carboxylic acids is 2. The van der Waals surface area contributed by atoms with Gasteiger partial charge in [-0.1, -0.05) is 49.4 Å². The van der Waals surface area contributed by atoms with Gasteiger partial charge in [0.05, 0.1) is 30.1 Å². The van der Waals surface area contributed by atoms with Crippen molar-refractivity contribution in [2.24, 2.45) is 0 Å². The van der Waals surface area contributed by atoms with Crippen molar-refractivity contribution in [2.75, 3.05) is 36.9 Å². The van der Waals surface area contributed by atoms with E-state index in [-0.39, 0.29) is 23.8 Å². The molecule has 3 atom stereocenters. The van der Waals surface area contributed by atoms with Gasteiger partial charge in [-0.15, -0.1) is 0 Å². The van der Waals surface area contributed by atoms with Gasteiger partial charge in [0.2, 0.25) is 11.8 Å². The highest BCUT2D eigenvalue weighted by molar-refractivity contribution is 5.95. The number of aromatic nitrogens is 1. The van der Waals surface area contributed by atoms with Crippen LogP contribution in [-0.2, 0) is 9.59 Å². The van der Waals surface area contributed by atoms with Crippen LogP contribution >= 0.6 is 0 Å². The van der Waals surface area contributed by atoms with Crippen LogP contribution in [0.1, 0.15) is 42.5 Å². The molecular formula is C29H32N6O2. The third-order valence-electron chi connectivity index (χ3n) is 6.86. The second-order valence-electron chi connectivity index (χ2n) is 9.51. The maximum absolute atomic E-state index is 13.3. The first-order valence-electron chi connectivity index (χ1n) is 12.4. The SMILES string of the molecule is CC1CN(c2ccc(NC(=O)[C@H](NC[C@@H](C)c3ccc(C#N)cc3)c3ccccc3)nc2)CC(=O)N1C. The molecule has 0 radical (unpaired) electrons. The fourth-order valence-corrected chi connectivity index (χ4v) is 4.37. The van der Waals surface area contributed by atoms with Crippen molar-refractivity contribution in [3.8, 4) is 6.07 Å². The summed E-state index contributed by atoms with van der Waals surface area (Å²) in [5.41, 5.74) is 3.42. The minimum Gasteiger partial charge on any atom is -0.359 e. The number of carbonyl (C=O) groups is 2. The van der Waals surface area contributed by atoms with Crippen molar-refractivity contribution in [1.82, 2.24) is 15.2 Å². The maximum atomic E-state index is 13.3. The van der Waals surface area contributed by atoms with Gasteiger partial charge in [0.1, 0.15) is 11.9 Å². The highest BCUT2D eigenvalue weighted by atomic mass is 16.2. The number of nitrogens with one attached hydrogen (secondary N) is 2. The summed E-state index contributed by atoms with van der Waals surface area (Å²) >= 11 is 0. The van der Waals surface area contributed by atoms with E-state index in [4.69, 9.17) is 5.26 Å². The van der Waals surface area contributed by atoms with Crippen LogP contribution in [0.4, 0.5) is 11.5 Å². The molecule has 0 saturated carbocycles. The minimum atomic E-state index is -0.570. The third kappa shape index (κ3) is 6.32. The number of anilines is 2. The molecule has 2 amide bonds. The summed E-state index contributed by atoms with van der Waals surface area (Å²) in [6, 6.07) is 22.4. The van der Waals surface area contributed by atoms with Crippen LogP contribution in [0.15, 0.2) is 72.9 Å². The molecule has 1 aliphatic heterocycles. The van der Waals surface area contributed by atoms with E-state index in [1.165, 1.54) is 0 Å². The Morgan fingerprint density at radius 2 is 1.84 bits per heavy atom. The first-order valence-corrected chi connectivity index (χ1v) is 12.4. The van der Waals surface area contributed by atoms with Gasteiger partial charge in [-0.25, -0.2) is 4.98 Å². The first kappa shape index (κ1) is 25.9. The highest BCUT2D eigenvalue weighted by Gasteiger charge is 2.27. The Kier molecular flexibility index (Phi) is 8.16. The van der Waals surface area contributed by atoms with Gasteiger partial charge in [-0.2, -0.15) is 5.26 Å². The molecule has 0 bridgehead atoms. The number of hydrogen-bond acceptors (Lipinski definition) is 6. The largest absolute Gasteiger partial charge is 0.359 e. The predicted octanol–water partition coefficient (Wildman–Crippen LogP) is 3.69. The second kappa shape index (κ2) is 11.7. The standard InChI is InChI=1S/C29H32N6O2/c1-20(23-11-9-22(15-30)10-12-23)16-32-28(24-7-5-4-6-8-24)29(37)33-26-14-13-25(17-31-26)35-18-21(2)34(3)27(36)19-35/h4-14,17,20-21,28,32H,16,18-19H2,1-3H3,(H,31,33,37)/t20-,21?,28-/m1/s1. The Balaban J connectivity index is 1.43. The molecule has 8 nitrogen and oxygen atoms in total. The summed E-state index contributed by atoms with van der Waals surface area (Å²) in [6.07, 6.45) is 1.69. The van der Waals surface area contributed by atoms with Gasteiger partial charge in [0, 0.05) is 26.2 Å². The van der Waals surface area contributed by atoms with Crippen molar-refractivity contribution in [3.05, 3.63) is 89.6 Å². The Morgan fingerprint density at radius 1 is 1.11 bits per heavy atom. The van der Waals surface area contributed by atoms with Crippen molar-refractivity contribution in [2.45, 2.75) is 31.8 Å². The van der Waals surface area contributed by atoms with Crippen molar-refractivity contribution in [3.63, 3.8) is 0 Å². The van der Waals surface area contributed by atoms with Gasteiger partial charge in [0.15, 0.2) is 0 Å². The number of benzene rings is 2. The lowest BCUT2D eigenvalue weighted by Gasteiger charge is -2.38. The average Bonchev–Trinajstić information content (AvgIpc) is 2.92. The number of amides is 2. The lowest BCUT2D eigenvalue weighted by atomic mass is 9.98. The van der Waals surface area contributed by atoms with Gasteiger partial charge >= 0.3 is 0 Å². The fourth-order valence-electron chi connectivity index (χ4n) is 4.37. The van der Waals surface area contributed by atoms with E-state index < -0.39 is 6.04 Å². The van der Waals surface area contributed by atoms with Crippen molar-refractivity contribution in [1.29, 1.82) is 5.26 Å². The molecule has 1 aromatic heterocycles. The van der Waals surface area contributed by atoms with Crippen LogP contribution in [0.5, 0.6) is 0 Å². The monoisotopic (exact) mass is 496 g/mol. The van der Waals surface area contributed by atoms with Crippen LogP contribution < -0.4 is 15.5 Å². The summed E-state index contributed by atoms with van der Waals surface area (Å²) in [4.78, 5) is 33.8. The molecule has 8 heteroatoms. The van der Waals surface area contributed by atoms with E-state index >= 15 is 0 Å². The molecule has 2 N–H and O–H groups in total. The summed E-state index contributed by atoms with van der Waals surface area (Å²) in [7, 11) is 1.82. The van der Waals surface area contributed by atoms with E-state index in [1.807, 2.05) is 67.4 Å². The zero-order chi connectivity index (χ0) is 26.4. The topological polar surface area (TPSA) is 101 Å². The van der Waals surface area contributed by atoms with Gasteiger partial charge in [0.25, 0.3) is 0 Å². The number of rotatable bonds is 8. The molecule has 2 heterocycles. The zero-order valence-corrected chi connectivity index (χ0v) is 21.4. The number of hydrogen-bond donors (Lipinski definition) is 2. The molecule has 1 aliphatic rings. The second-order valence-corrected chi connectivity index (χ2v) is 9.51. The van der Waals surface area contributed by atoms with Crippen molar-refractivity contribution >= 4 is 23.3 Å². The molecule has 4 rings (SSSR count). The third-order valence-corrected chi connectivity index (χ3v) is 6.86. The van der Waals surface area contributed by atoms with Crippen LogP contribution in [0.3, 0.4) is 0 Å². The molecule has 2 aromatic carbocycles. The first-order chi connectivity index (χ1) is 17.9. The summed E-state index contributed by atoms with van der Waals surface area (Å²) in [5, 5.41) is 15.4. The summed E-state index contributed by atoms with van der Waals surface area (Å²) in [6.45, 7) is 5.71. The Hall–Kier alpha value is -4.22. The Bertz CT molecular complexity index is 1250. The maximum Gasteiger partial charge on any atom is 0.247 e.